The van der Waals surface area contributed by atoms with Crippen molar-refractivity contribution in [3.63, 3.8) is 0 Å². The van der Waals surface area contributed by atoms with E-state index in [2.05, 4.69) is 10.6 Å². The van der Waals surface area contributed by atoms with Gasteiger partial charge in [-0.25, -0.2) is 4.39 Å². The van der Waals surface area contributed by atoms with Gasteiger partial charge in [-0.05, 0) is 42.3 Å². The minimum atomic E-state index is -0.557. The number of aryl methyl sites for hydroxylation is 1. The molecule has 2 rings (SSSR count). The van der Waals surface area contributed by atoms with Crippen molar-refractivity contribution >= 4 is 34.8 Å². The first-order valence-electron chi connectivity index (χ1n) is 7.05. The third kappa shape index (κ3) is 5.38. The molecular formula is C17H16ClFN2O2. The number of hydrogen-bond acceptors (Lipinski definition) is 2. The van der Waals surface area contributed by atoms with E-state index >= 15 is 0 Å². The van der Waals surface area contributed by atoms with Crippen molar-refractivity contribution in [1.29, 1.82) is 0 Å². The number of benzene rings is 2. The molecule has 2 aromatic rings. The average molecular weight is 335 g/mol. The highest BCUT2D eigenvalue weighted by Crippen LogP contribution is 2.20. The monoisotopic (exact) mass is 334 g/mol. The van der Waals surface area contributed by atoms with Gasteiger partial charge in [-0.2, -0.15) is 0 Å². The Morgan fingerprint density at radius 2 is 1.78 bits per heavy atom. The van der Waals surface area contributed by atoms with Gasteiger partial charge in [0, 0.05) is 24.1 Å². The highest BCUT2D eigenvalue weighted by atomic mass is 35.5. The van der Waals surface area contributed by atoms with E-state index in [1.807, 2.05) is 12.1 Å². The van der Waals surface area contributed by atoms with Crippen LogP contribution in [0.2, 0.25) is 5.02 Å². The molecule has 0 aliphatic rings. The van der Waals surface area contributed by atoms with Crippen molar-refractivity contribution < 1.29 is 14.0 Å². The first kappa shape index (κ1) is 17.0. The Kier molecular flexibility index (Phi) is 5.71. The van der Waals surface area contributed by atoms with Gasteiger partial charge in [0.05, 0.1) is 5.69 Å². The van der Waals surface area contributed by atoms with Crippen molar-refractivity contribution in [2.24, 2.45) is 0 Å². The van der Waals surface area contributed by atoms with Crippen LogP contribution in [0, 0.1) is 5.82 Å². The zero-order valence-electron chi connectivity index (χ0n) is 12.5. The minimum absolute atomic E-state index is 0.0392. The van der Waals surface area contributed by atoms with Gasteiger partial charge in [-0.3, -0.25) is 9.59 Å². The lowest BCUT2D eigenvalue weighted by Gasteiger charge is -2.09. The topological polar surface area (TPSA) is 58.2 Å². The number of anilines is 2. The van der Waals surface area contributed by atoms with Crippen LogP contribution in [0.4, 0.5) is 15.8 Å². The first-order valence-corrected chi connectivity index (χ1v) is 7.43. The van der Waals surface area contributed by atoms with E-state index in [-0.39, 0.29) is 23.9 Å². The van der Waals surface area contributed by atoms with E-state index in [1.54, 1.807) is 12.1 Å². The molecule has 2 amide bonds. The molecule has 0 aliphatic carbocycles. The van der Waals surface area contributed by atoms with E-state index in [1.165, 1.54) is 25.1 Å². The summed E-state index contributed by atoms with van der Waals surface area (Å²) in [5.74, 6) is -1.13. The summed E-state index contributed by atoms with van der Waals surface area (Å²) in [7, 11) is 0. The molecule has 4 nitrogen and oxygen atoms in total. The maximum Gasteiger partial charge on any atom is 0.224 e. The number of amides is 2. The number of hydrogen-bond donors (Lipinski definition) is 2. The maximum atomic E-state index is 13.7. The standard InChI is InChI=1S/C17H16ClFN2O2/c1-11(22)20-14-7-8-15(19)16(10-14)21-17(23)9-4-12-2-5-13(18)6-3-12/h2-3,5-8,10H,4,9H2,1H3,(H,20,22)(H,21,23). The number of nitrogens with one attached hydrogen (secondary N) is 2. The molecule has 2 N–H and O–H groups in total. The molecule has 0 aliphatic heterocycles. The second-order valence-electron chi connectivity index (χ2n) is 5.05. The van der Waals surface area contributed by atoms with Crippen molar-refractivity contribution in [3.8, 4) is 0 Å². The molecule has 0 bridgehead atoms. The molecule has 0 atom stereocenters. The molecule has 0 saturated heterocycles. The summed E-state index contributed by atoms with van der Waals surface area (Å²) in [6.45, 7) is 1.35. The number of carbonyl (C=O) groups excluding carboxylic acids is 2. The van der Waals surface area contributed by atoms with Crippen molar-refractivity contribution in [2.45, 2.75) is 19.8 Å². The van der Waals surface area contributed by atoms with Crippen LogP contribution >= 0.6 is 11.6 Å². The van der Waals surface area contributed by atoms with Gasteiger partial charge in [0.1, 0.15) is 5.82 Å². The first-order chi connectivity index (χ1) is 10.9. The second kappa shape index (κ2) is 7.74. The van der Waals surface area contributed by atoms with E-state index in [0.717, 1.165) is 5.56 Å². The van der Waals surface area contributed by atoms with Crippen molar-refractivity contribution in [2.75, 3.05) is 10.6 Å². The van der Waals surface area contributed by atoms with Gasteiger partial charge in [0.15, 0.2) is 0 Å². The Morgan fingerprint density at radius 1 is 1.09 bits per heavy atom. The van der Waals surface area contributed by atoms with Crippen LogP contribution in [0.25, 0.3) is 0 Å². The predicted molar refractivity (Wildman–Crippen MR) is 89.1 cm³/mol. The van der Waals surface area contributed by atoms with Crippen LogP contribution < -0.4 is 10.6 Å². The summed E-state index contributed by atoms with van der Waals surface area (Å²) < 4.78 is 13.7. The van der Waals surface area contributed by atoms with E-state index in [9.17, 15) is 14.0 Å². The average Bonchev–Trinajstić information content (AvgIpc) is 2.49. The number of carbonyl (C=O) groups is 2. The fourth-order valence-electron chi connectivity index (χ4n) is 2.02. The highest BCUT2D eigenvalue weighted by molar-refractivity contribution is 6.30. The predicted octanol–water partition coefficient (Wildman–Crippen LogP) is 4.01. The van der Waals surface area contributed by atoms with Crippen LogP contribution in [0.1, 0.15) is 18.9 Å². The molecule has 0 saturated carbocycles. The SMILES string of the molecule is CC(=O)Nc1ccc(F)c(NC(=O)CCc2ccc(Cl)cc2)c1. The Balaban J connectivity index is 1.96. The van der Waals surface area contributed by atoms with Crippen LogP contribution in [0.15, 0.2) is 42.5 Å². The Hall–Kier alpha value is -2.40. The smallest absolute Gasteiger partial charge is 0.224 e. The Morgan fingerprint density at radius 3 is 2.43 bits per heavy atom. The molecule has 0 fully saturated rings. The van der Waals surface area contributed by atoms with Crippen LogP contribution in [-0.4, -0.2) is 11.8 Å². The van der Waals surface area contributed by atoms with Gasteiger partial charge in [-0.15, -0.1) is 0 Å². The molecule has 6 heteroatoms. The minimum Gasteiger partial charge on any atom is -0.326 e. The molecular weight excluding hydrogens is 319 g/mol. The molecule has 23 heavy (non-hydrogen) atoms. The number of rotatable bonds is 5. The second-order valence-corrected chi connectivity index (χ2v) is 5.49. The Labute approximate surface area is 138 Å². The molecule has 2 aromatic carbocycles. The molecule has 0 spiro atoms. The zero-order chi connectivity index (χ0) is 16.8. The van der Waals surface area contributed by atoms with E-state index in [4.69, 9.17) is 11.6 Å². The summed E-state index contributed by atoms with van der Waals surface area (Å²) in [5, 5.41) is 5.69. The summed E-state index contributed by atoms with van der Waals surface area (Å²) in [6, 6.07) is 11.2. The van der Waals surface area contributed by atoms with Crippen LogP contribution in [-0.2, 0) is 16.0 Å². The van der Waals surface area contributed by atoms with Crippen LogP contribution in [0.3, 0.4) is 0 Å². The summed E-state index contributed by atoms with van der Waals surface area (Å²) >= 11 is 5.80. The number of halogens is 2. The molecule has 0 aromatic heterocycles. The lowest BCUT2D eigenvalue weighted by molar-refractivity contribution is -0.116. The van der Waals surface area contributed by atoms with Gasteiger partial charge in [-0.1, -0.05) is 23.7 Å². The molecule has 0 unspecified atom stereocenters. The summed E-state index contributed by atoms with van der Waals surface area (Å²) in [6.07, 6.45) is 0.738. The molecule has 0 radical (unpaired) electrons. The lowest BCUT2D eigenvalue weighted by atomic mass is 10.1. The lowest BCUT2D eigenvalue weighted by Crippen LogP contribution is -2.14. The fourth-order valence-corrected chi connectivity index (χ4v) is 2.15. The molecule has 120 valence electrons. The highest BCUT2D eigenvalue weighted by Gasteiger charge is 2.09. The van der Waals surface area contributed by atoms with Gasteiger partial charge >= 0.3 is 0 Å². The van der Waals surface area contributed by atoms with Crippen LogP contribution in [0.5, 0.6) is 0 Å². The van der Waals surface area contributed by atoms with E-state index in [0.29, 0.717) is 17.1 Å². The van der Waals surface area contributed by atoms with Gasteiger partial charge in [0.2, 0.25) is 11.8 Å². The maximum absolute atomic E-state index is 13.7. The van der Waals surface area contributed by atoms with E-state index < -0.39 is 5.82 Å². The summed E-state index contributed by atoms with van der Waals surface area (Å²) in [4.78, 5) is 23.0. The molecule has 0 heterocycles. The zero-order valence-corrected chi connectivity index (χ0v) is 13.3. The third-order valence-corrected chi connectivity index (χ3v) is 3.37. The fraction of sp³-hybridized carbons (Fsp3) is 0.176. The quantitative estimate of drug-likeness (QED) is 0.868. The summed E-state index contributed by atoms with van der Waals surface area (Å²) in [5.41, 5.74) is 1.43. The Bertz CT molecular complexity index is 717. The van der Waals surface area contributed by atoms with Crippen molar-refractivity contribution in [3.05, 3.63) is 58.9 Å². The van der Waals surface area contributed by atoms with Crippen molar-refractivity contribution in [1.82, 2.24) is 0 Å². The third-order valence-electron chi connectivity index (χ3n) is 3.11. The van der Waals surface area contributed by atoms with Gasteiger partial charge < -0.3 is 10.6 Å². The van der Waals surface area contributed by atoms with Gasteiger partial charge in [0.25, 0.3) is 0 Å². The normalized spacial score (nSPS) is 10.2. The largest absolute Gasteiger partial charge is 0.326 e.